The molecule has 2 N–H and O–H groups in total. The van der Waals surface area contributed by atoms with Crippen LogP contribution in [0.4, 0.5) is 0 Å². The quantitative estimate of drug-likeness (QED) is 0.660. The fourth-order valence-corrected chi connectivity index (χ4v) is 4.29. The van der Waals surface area contributed by atoms with Crippen molar-refractivity contribution in [2.75, 3.05) is 20.3 Å². The number of nitrogens with one attached hydrogen (secondary N) is 2. The number of halogens is 1. The molecule has 0 bridgehead atoms. The summed E-state index contributed by atoms with van der Waals surface area (Å²) in [5.74, 6) is 2.42. The molecule has 3 atom stereocenters. The van der Waals surface area contributed by atoms with Crippen LogP contribution in [0.2, 0.25) is 0 Å². The molecule has 1 aliphatic carbocycles. The van der Waals surface area contributed by atoms with Crippen molar-refractivity contribution in [2.45, 2.75) is 64.0 Å². The second kappa shape index (κ2) is 10.8. The zero-order valence-electron chi connectivity index (χ0n) is 16.5. The van der Waals surface area contributed by atoms with E-state index in [1.165, 1.54) is 31.2 Å². The molecule has 0 spiro atoms. The molecule has 2 aliphatic rings. The molecule has 3 rings (SSSR count). The molecule has 1 aromatic carbocycles. The van der Waals surface area contributed by atoms with Crippen LogP contribution in [0.1, 0.15) is 51.0 Å². The Morgan fingerprint density at radius 3 is 2.81 bits per heavy atom. The van der Waals surface area contributed by atoms with Gasteiger partial charge >= 0.3 is 0 Å². The van der Waals surface area contributed by atoms with Gasteiger partial charge in [0.05, 0.1) is 19.8 Å². The van der Waals surface area contributed by atoms with E-state index in [-0.39, 0.29) is 24.4 Å². The number of fused-ring (bicyclic) bond motifs is 1. The molecule has 1 amide bonds. The van der Waals surface area contributed by atoms with Crippen LogP contribution < -0.4 is 20.1 Å². The van der Waals surface area contributed by atoms with E-state index >= 15 is 0 Å². The van der Waals surface area contributed by atoms with Gasteiger partial charge in [0.2, 0.25) is 5.91 Å². The molecule has 0 aromatic heterocycles. The summed E-state index contributed by atoms with van der Waals surface area (Å²) in [6, 6.07) is 6.62. The van der Waals surface area contributed by atoms with Crippen LogP contribution in [-0.2, 0) is 11.2 Å². The molecule has 3 unspecified atom stereocenters. The second-order valence-corrected chi connectivity index (χ2v) is 7.42. The van der Waals surface area contributed by atoms with Gasteiger partial charge in [-0.3, -0.25) is 4.79 Å². The number of aryl methyl sites for hydroxylation is 1. The van der Waals surface area contributed by atoms with E-state index in [9.17, 15) is 4.79 Å². The van der Waals surface area contributed by atoms with Crippen LogP contribution in [0.5, 0.6) is 11.5 Å². The molecule has 1 aromatic rings. The van der Waals surface area contributed by atoms with Gasteiger partial charge in [0.15, 0.2) is 11.5 Å². The molecule has 0 radical (unpaired) electrons. The minimum Gasteiger partial charge on any atom is -0.493 e. The maximum absolute atomic E-state index is 12.4. The van der Waals surface area contributed by atoms with Crippen molar-refractivity contribution in [2.24, 2.45) is 5.92 Å². The van der Waals surface area contributed by atoms with Crippen molar-refractivity contribution in [3.63, 3.8) is 0 Å². The summed E-state index contributed by atoms with van der Waals surface area (Å²) < 4.78 is 10.9. The Bertz CT molecular complexity index is 597. The molecular weight excluding hydrogens is 364 g/mol. The van der Waals surface area contributed by atoms with E-state index in [0.29, 0.717) is 25.1 Å². The molecule has 152 valence electrons. The highest BCUT2D eigenvalue weighted by atomic mass is 35.5. The lowest BCUT2D eigenvalue weighted by Crippen LogP contribution is -2.43. The Hall–Kier alpha value is -1.46. The van der Waals surface area contributed by atoms with Gasteiger partial charge in [-0.15, -0.1) is 12.4 Å². The number of carbonyl (C=O) groups is 1. The summed E-state index contributed by atoms with van der Waals surface area (Å²) >= 11 is 0. The van der Waals surface area contributed by atoms with Gasteiger partial charge in [0.1, 0.15) is 0 Å². The lowest BCUT2D eigenvalue weighted by molar-refractivity contribution is -0.122. The van der Waals surface area contributed by atoms with Crippen molar-refractivity contribution in [1.82, 2.24) is 10.6 Å². The predicted molar refractivity (Wildman–Crippen MR) is 110 cm³/mol. The molecule has 2 fully saturated rings. The SMILES string of the molecule is CCOc1cc(CCCNC(=O)C2CC3CCCCC3N2)ccc1OC.Cl. The number of ether oxygens (including phenoxy) is 2. The zero-order valence-corrected chi connectivity index (χ0v) is 17.3. The van der Waals surface area contributed by atoms with Crippen LogP contribution in [-0.4, -0.2) is 38.3 Å². The summed E-state index contributed by atoms with van der Waals surface area (Å²) in [5, 5.41) is 6.65. The number of methoxy groups -OCH3 is 1. The van der Waals surface area contributed by atoms with E-state index in [4.69, 9.17) is 9.47 Å². The first-order valence-electron chi connectivity index (χ1n) is 10.0. The highest BCUT2D eigenvalue weighted by Crippen LogP contribution is 2.33. The van der Waals surface area contributed by atoms with Crippen molar-refractivity contribution in [3.8, 4) is 11.5 Å². The third kappa shape index (κ3) is 5.76. The monoisotopic (exact) mass is 396 g/mol. The number of hydrogen-bond acceptors (Lipinski definition) is 4. The zero-order chi connectivity index (χ0) is 18.4. The largest absolute Gasteiger partial charge is 0.493 e. The molecule has 1 saturated heterocycles. The van der Waals surface area contributed by atoms with Crippen LogP contribution in [0.3, 0.4) is 0 Å². The van der Waals surface area contributed by atoms with Gasteiger partial charge in [0, 0.05) is 12.6 Å². The molecule has 5 nitrogen and oxygen atoms in total. The van der Waals surface area contributed by atoms with E-state index in [2.05, 4.69) is 16.7 Å². The minimum absolute atomic E-state index is 0. The number of hydrogen-bond donors (Lipinski definition) is 2. The predicted octanol–water partition coefficient (Wildman–Crippen LogP) is 3.49. The van der Waals surface area contributed by atoms with Gasteiger partial charge in [-0.25, -0.2) is 0 Å². The second-order valence-electron chi connectivity index (χ2n) is 7.42. The van der Waals surface area contributed by atoms with Crippen LogP contribution in [0.15, 0.2) is 18.2 Å². The minimum atomic E-state index is 0. The maximum atomic E-state index is 12.4. The first-order chi connectivity index (χ1) is 12.7. The number of carbonyl (C=O) groups excluding carboxylic acids is 1. The third-order valence-electron chi connectivity index (χ3n) is 5.65. The van der Waals surface area contributed by atoms with Gasteiger partial charge in [-0.05, 0) is 62.6 Å². The topological polar surface area (TPSA) is 59.6 Å². The van der Waals surface area contributed by atoms with E-state index < -0.39 is 0 Å². The Kier molecular flexibility index (Phi) is 8.71. The number of benzene rings is 1. The van der Waals surface area contributed by atoms with Crippen LogP contribution in [0, 0.1) is 5.92 Å². The Labute approximate surface area is 169 Å². The fourth-order valence-electron chi connectivity index (χ4n) is 4.29. The van der Waals surface area contributed by atoms with E-state index in [0.717, 1.165) is 30.8 Å². The van der Waals surface area contributed by atoms with Crippen molar-refractivity contribution < 1.29 is 14.3 Å². The Balaban J connectivity index is 0.00000261. The summed E-state index contributed by atoms with van der Waals surface area (Å²) in [6.45, 7) is 3.30. The van der Waals surface area contributed by atoms with Gasteiger partial charge in [0.25, 0.3) is 0 Å². The Morgan fingerprint density at radius 1 is 1.26 bits per heavy atom. The molecule has 1 heterocycles. The third-order valence-corrected chi connectivity index (χ3v) is 5.65. The number of amides is 1. The molecular formula is C21H33ClN2O3. The van der Waals surface area contributed by atoms with Crippen LogP contribution >= 0.6 is 12.4 Å². The summed E-state index contributed by atoms with van der Waals surface area (Å²) in [7, 11) is 1.65. The average molecular weight is 397 g/mol. The number of rotatable bonds is 8. The van der Waals surface area contributed by atoms with E-state index in [1.807, 2.05) is 19.1 Å². The standard InChI is InChI=1S/C21H32N2O3.ClH/c1-3-26-20-13-15(10-11-19(20)25-2)7-6-12-22-21(24)18-14-16-8-4-5-9-17(16)23-18;/h10-11,13,16-18,23H,3-9,12,14H2,1-2H3,(H,22,24);1H. The van der Waals surface area contributed by atoms with E-state index in [1.54, 1.807) is 7.11 Å². The first kappa shape index (κ1) is 21.8. The van der Waals surface area contributed by atoms with Crippen molar-refractivity contribution >= 4 is 18.3 Å². The van der Waals surface area contributed by atoms with Gasteiger partial charge < -0.3 is 20.1 Å². The average Bonchev–Trinajstić information content (AvgIpc) is 3.10. The molecule has 1 aliphatic heterocycles. The highest BCUT2D eigenvalue weighted by molar-refractivity contribution is 5.85. The normalized spacial score (nSPS) is 23.9. The van der Waals surface area contributed by atoms with Gasteiger partial charge in [-0.2, -0.15) is 0 Å². The van der Waals surface area contributed by atoms with Gasteiger partial charge in [-0.1, -0.05) is 18.9 Å². The summed E-state index contributed by atoms with van der Waals surface area (Å²) in [6.07, 6.45) is 7.97. The Morgan fingerprint density at radius 2 is 2.07 bits per heavy atom. The van der Waals surface area contributed by atoms with Crippen LogP contribution in [0.25, 0.3) is 0 Å². The van der Waals surface area contributed by atoms with Crippen molar-refractivity contribution in [3.05, 3.63) is 23.8 Å². The smallest absolute Gasteiger partial charge is 0.237 e. The fraction of sp³-hybridized carbons (Fsp3) is 0.667. The summed E-state index contributed by atoms with van der Waals surface area (Å²) in [4.78, 5) is 12.4. The summed E-state index contributed by atoms with van der Waals surface area (Å²) in [5.41, 5.74) is 1.20. The lowest BCUT2D eigenvalue weighted by atomic mass is 9.85. The molecule has 6 heteroatoms. The maximum Gasteiger partial charge on any atom is 0.237 e. The highest BCUT2D eigenvalue weighted by Gasteiger charge is 2.37. The van der Waals surface area contributed by atoms with Crippen molar-refractivity contribution in [1.29, 1.82) is 0 Å². The molecule has 27 heavy (non-hydrogen) atoms. The lowest BCUT2D eigenvalue weighted by Gasteiger charge is -2.24. The molecule has 1 saturated carbocycles. The first-order valence-corrected chi connectivity index (χ1v) is 10.0.